The smallest absolute Gasteiger partial charge is 0.121 e. The van der Waals surface area contributed by atoms with Crippen molar-refractivity contribution in [2.75, 3.05) is 0 Å². The van der Waals surface area contributed by atoms with E-state index in [0.29, 0.717) is 5.56 Å². The number of phenols is 1. The molecule has 16 heavy (non-hydrogen) atoms. The Balaban J connectivity index is 2.35. The number of aromatic hydroxyl groups is 1. The van der Waals surface area contributed by atoms with Gasteiger partial charge in [-0.05, 0) is 18.6 Å². The molecular weight excluding hydrogens is 200 g/mol. The van der Waals surface area contributed by atoms with Crippen molar-refractivity contribution >= 4 is 0 Å². The average molecular weight is 214 g/mol. The molecule has 0 heterocycles. The van der Waals surface area contributed by atoms with E-state index in [9.17, 15) is 10.2 Å². The van der Waals surface area contributed by atoms with Crippen LogP contribution in [-0.2, 0) is 0 Å². The molecule has 2 rings (SSSR count). The van der Waals surface area contributed by atoms with E-state index in [0.717, 1.165) is 11.1 Å². The molecule has 0 fully saturated rings. The second-order valence-electron chi connectivity index (χ2n) is 3.87. The zero-order chi connectivity index (χ0) is 11.5. The van der Waals surface area contributed by atoms with Gasteiger partial charge in [0.15, 0.2) is 0 Å². The summed E-state index contributed by atoms with van der Waals surface area (Å²) in [6, 6.07) is 14.5. The highest BCUT2D eigenvalue weighted by Gasteiger charge is 2.13. The van der Waals surface area contributed by atoms with Crippen molar-refractivity contribution < 1.29 is 10.2 Å². The number of rotatable bonds is 2. The lowest BCUT2D eigenvalue weighted by Gasteiger charge is -2.13. The van der Waals surface area contributed by atoms with Crippen molar-refractivity contribution in [3.8, 4) is 5.75 Å². The lowest BCUT2D eigenvalue weighted by atomic mass is 10.00. The first-order valence-electron chi connectivity index (χ1n) is 5.21. The number of benzene rings is 2. The first-order valence-corrected chi connectivity index (χ1v) is 5.21. The minimum atomic E-state index is -0.776. The molecule has 0 aliphatic heterocycles. The summed E-state index contributed by atoms with van der Waals surface area (Å²) in [6.45, 7) is 2.00. The number of hydrogen-bond donors (Lipinski definition) is 2. The first-order chi connectivity index (χ1) is 7.68. The summed E-state index contributed by atoms with van der Waals surface area (Å²) >= 11 is 0. The Hall–Kier alpha value is -1.80. The van der Waals surface area contributed by atoms with Gasteiger partial charge in [0.05, 0.1) is 0 Å². The van der Waals surface area contributed by atoms with Gasteiger partial charge in [-0.25, -0.2) is 0 Å². The fourth-order valence-corrected chi connectivity index (χ4v) is 1.65. The molecule has 2 aromatic rings. The summed E-state index contributed by atoms with van der Waals surface area (Å²) in [5.41, 5.74) is 2.46. The maximum absolute atomic E-state index is 10.1. The van der Waals surface area contributed by atoms with Crippen LogP contribution in [-0.4, -0.2) is 10.2 Å². The predicted molar refractivity (Wildman–Crippen MR) is 63.3 cm³/mol. The van der Waals surface area contributed by atoms with E-state index in [1.165, 1.54) is 0 Å². The van der Waals surface area contributed by atoms with E-state index in [1.807, 2.05) is 31.2 Å². The number of para-hydroxylation sites is 1. The summed E-state index contributed by atoms with van der Waals surface area (Å²) in [4.78, 5) is 0. The van der Waals surface area contributed by atoms with Crippen LogP contribution >= 0.6 is 0 Å². The Morgan fingerprint density at radius 2 is 1.56 bits per heavy atom. The molecule has 0 saturated carbocycles. The molecule has 2 aromatic carbocycles. The largest absolute Gasteiger partial charge is 0.508 e. The summed E-state index contributed by atoms with van der Waals surface area (Å²) < 4.78 is 0. The number of aryl methyl sites for hydroxylation is 1. The molecule has 1 unspecified atom stereocenters. The third-order valence-electron chi connectivity index (χ3n) is 2.62. The van der Waals surface area contributed by atoms with Gasteiger partial charge in [0, 0.05) is 5.56 Å². The Morgan fingerprint density at radius 1 is 0.938 bits per heavy atom. The van der Waals surface area contributed by atoms with Crippen molar-refractivity contribution in [1.82, 2.24) is 0 Å². The molecule has 0 bridgehead atoms. The Morgan fingerprint density at radius 3 is 2.19 bits per heavy atom. The standard InChI is InChI=1S/C14H14O2/c1-10-6-8-11(9-7-10)14(16)12-4-2-3-5-13(12)15/h2-9,14-16H,1H3. The highest BCUT2D eigenvalue weighted by molar-refractivity contribution is 5.39. The number of aliphatic hydroxyl groups excluding tert-OH is 1. The number of phenolic OH excluding ortho intramolecular Hbond substituents is 1. The van der Waals surface area contributed by atoms with Crippen LogP contribution in [0, 0.1) is 6.92 Å². The molecule has 0 radical (unpaired) electrons. The molecule has 2 N–H and O–H groups in total. The molecule has 0 saturated heterocycles. The van der Waals surface area contributed by atoms with E-state index in [2.05, 4.69) is 0 Å². The van der Waals surface area contributed by atoms with Gasteiger partial charge < -0.3 is 10.2 Å². The van der Waals surface area contributed by atoms with E-state index in [-0.39, 0.29) is 5.75 Å². The number of hydrogen-bond acceptors (Lipinski definition) is 2. The lowest BCUT2D eigenvalue weighted by molar-refractivity contribution is 0.215. The normalized spacial score (nSPS) is 12.4. The third kappa shape index (κ3) is 2.07. The van der Waals surface area contributed by atoms with Crippen molar-refractivity contribution in [1.29, 1.82) is 0 Å². The molecule has 0 aliphatic rings. The summed E-state index contributed by atoms with van der Waals surface area (Å²) in [5.74, 6) is 0.121. The van der Waals surface area contributed by atoms with Crippen LogP contribution in [0.2, 0.25) is 0 Å². The maximum atomic E-state index is 10.1. The molecular formula is C14H14O2. The fourth-order valence-electron chi connectivity index (χ4n) is 1.65. The second-order valence-corrected chi connectivity index (χ2v) is 3.87. The van der Waals surface area contributed by atoms with Gasteiger partial charge in [0.25, 0.3) is 0 Å². The van der Waals surface area contributed by atoms with Gasteiger partial charge in [0.2, 0.25) is 0 Å². The Bertz CT molecular complexity index is 474. The SMILES string of the molecule is Cc1ccc(C(O)c2ccccc2O)cc1. The topological polar surface area (TPSA) is 40.5 Å². The van der Waals surface area contributed by atoms with Gasteiger partial charge in [-0.15, -0.1) is 0 Å². The zero-order valence-corrected chi connectivity index (χ0v) is 9.09. The van der Waals surface area contributed by atoms with Crippen LogP contribution in [0.25, 0.3) is 0 Å². The summed E-state index contributed by atoms with van der Waals surface area (Å²) in [5, 5.41) is 19.7. The van der Waals surface area contributed by atoms with Crippen molar-refractivity contribution in [3.05, 3.63) is 65.2 Å². The van der Waals surface area contributed by atoms with Gasteiger partial charge in [0.1, 0.15) is 11.9 Å². The zero-order valence-electron chi connectivity index (χ0n) is 9.09. The van der Waals surface area contributed by atoms with Crippen molar-refractivity contribution in [2.24, 2.45) is 0 Å². The average Bonchev–Trinajstić information content (AvgIpc) is 2.30. The first kappa shape index (κ1) is 10.7. The minimum absolute atomic E-state index is 0.121. The molecule has 0 aliphatic carbocycles. The van der Waals surface area contributed by atoms with Gasteiger partial charge in [-0.3, -0.25) is 0 Å². The predicted octanol–water partition coefficient (Wildman–Crippen LogP) is 2.78. The number of aliphatic hydroxyl groups is 1. The molecule has 1 atom stereocenters. The van der Waals surface area contributed by atoms with E-state index in [4.69, 9.17) is 0 Å². The second kappa shape index (κ2) is 4.37. The summed E-state index contributed by atoms with van der Waals surface area (Å²) in [6.07, 6.45) is -0.776. The van der Waals surface area contributed by atoms with E-state index >= 15 is 0 Å². The maximum Gasteiger partial charge on any atom is 0.121 e. The third-order valence-corrected chi connectivity index (χ3v) is 2.62. The van der Waals surface area contributed by atoms with Crippen LogP contribution in [0.15, 0.2) is 48.5 Å². The summed E-state index contributed by atoms with van der Waals surface area (Å²) in [7, 11) is 0. The van der Waals surface area contributed by atoms with Crippen molar-refractivity contribution in [2.45, 2.75) is 13.0 Å². The van der Waals surface area contributed by atoms with Gasteiger partial charge in [-0.2, -0.15) is 0 Å². The molecule has 82 valence electrons. The Labute approximate surface area is 94.8 Å². The monoisotopic (exact) mass is 214 g/mol. The van der Waals surface area contributed by atoms with Crippen LogP contribution < -0.4 is 0 Å². The Kier molecular flexibility index (Phi) is 2.93. The molecule has 2 nitrogen and oxygen atoms in total. The van der Waals surface area contributed by atoms with Gasteiger partial charge >= 0.3 is 0 Å². The minimum Gasteiger partial charge on any atom is -0.508 e. The highest BCUT2D eigenvalue weighted by Crippen LogP contribution is 2.28. The van der Waals surface area contributed by atoms with Crippen molar-refractivity contribution in [3.63, 3.8) is 0 Å². The molecule has 0 aromatic heterocycles. The van der Waals surface area contributed by atoms with Crippen LogP contribution in [0.3, 0.4) is 0 Å². The molecule has 0 spiro atoms. The molecule has 2 heteroatoms. The lowest BCUT2D eigenvalue weighted by Crippen LogP contribution is -1.99. The van der Waals surface area contributed by atoms with E-state index < -0.39 is 6.10 Å². The van der Waals surface area contributed by atoms with Crippen LogP contribution in [0.5, 0.6) is 5.75 Å². The van der Waals surface area contributed by atoms with Gasteiger partial charge in [-0.1, -0.05) is 48.0 Å². The quantitative estimate of drug-likeness (QED) is 0.807. The van der Waals surface area contributed by atoms with Crippen LogP contribution in [0.1, 0.15) is 22.8 Å². The van der Waals surface area contributed by atoms with E-state index in [1.54, 1.807) is 24.3 Å². The molecule has 0 amide bonds. The fraction of sp³-hybridized carbons (Fsp3) is 0.143. The highest BCUT2D eigenvalue weighted by atomic mass is 16.3. The van der Waals surface area contributed by atoms with Crippen LogP contribution in [0.4, 0.5) is 0 Å².